The first-order chi connectivity index (χ1) is 8.01. The normalized spacial score (nSPS) is 14.1. The van der Waals surface area contributed by atoms with Gasteiger partial charge < -0.3 is 10.6 Å². The fourth-order valence-electron chi connectivity index (χ4n) is 1.29. The molecule has 0 aliphatic heterocycles. The van der Waals surface area contributed by atoms with E-state index in [1.165, 1.54) is 5.57 Å². The zero-order chi connectivity index (χ0) is 13.3. The molecule has 0 spiro atoms. The predicted octanol–water partition coefficient (Wildman–Crippen LogP) is 2.32. The number of likely N-dealkylation sites (N-methyl/N-ethyl adjacent to an activating group) is 1. The molecule has 96 valence electrons. The van der Waals surface area contributed by atoms with Gasteiger partial charge in [-0.2, -0.15) is 5.10 Å². The molecule has 0 radical (unpaired) electrons. The van der Waals surface area contributed by atoms with Crippen molar-refractivity contribution in [3.8, 4) is 0 Å². The van der Waals surface area contributed by atoms with Gasteiger partial charge in [-0.1, -0.05) is 25.5 Å². The maximum absolute atomic E-state index is 3.86. The summed E-state index contributed by atoms with van der Waals surface area (Å²) < 4.78 is 0. The van der Waals surface area contributed by atoms with Crippen molar-refractivity contribution < 1.29 is 0 Å². The van der Waals surface area contributed by atoms with Gasteiger partial charge in [0.1, 0.15) is 5.84 Å². The fraction of sp³-hybridized carbons (Fsp3) is 0.538. The Morgan fingerprint density at radius 2 is 1.94 bits per heavy atom. The number of nitrogens with zero attached hydrogens (tertiary/aromatic N) is 2. The first-order valence-electron chi connectivity index (χ1n) is 5.80. The van der Waals surface area contributed by atoms with Crippen LogP contribution in [0.15, 0.2) is 33.6 Å². The second-order valence-electron chi connectivity index (χ2n) is 4.27. The van der Waals surface area contributed by atoms with Crippen molar-refractivity contribution in [2.75, 3.05) is 13.6 Å². The van der Waals surface area contributed by atoms with E-state index in [2.05, 4.69) is 60.5 Å². The summed E-state index contributed by atoms with van der Waals surface area (Å²) in [6.07, 6.45) is 4.19. The molecule has 0 aromatic rings. The Kier molecular flexibility index (Phi) is 7.97. The highest BCUT2D eigenvalue weighted by atomic mass is 15.2. The molecular weight excluding hydrogens is 212 g/mol. The van der Waals surface area contributed by atoms with Gasteiger partial charge in [0.05, 0.1) is 0 Å². The smallest absolute Gasteiger partial charge is 0.125 e. The number of nitrogens with one attached hydrogen (secondary N) is 2. The van der Waals surface area contributed by atoms with Gasteiger partial charge >= 0.3 is 0 Å². The third-order valence-corrected chi connectivity index (χ3v) is 2.17. The molecule has 0 heterocycles. The Bertz CT molecular complexity index is 324. The molecule has 0 aliphatic carbocycles. The van der Waals surface area contributed by atoms with Crippen LogP contribution in [0, 0.1) is 5.92 Å². The Hall–Kier alpha value is -1.42. The van der Waals surface area contributed by atoms with Crippen LogP contribution < -0.4 is 10.6 Å². The van der Waals surface area contributed by atoms with Crippen LogP contribution >= 0.6 is 0 Å². The van der Waals surface area contributed by atoms with E-state index in [0.717, 1.165) is 18.1 Å². The van der Waals surface area contributed by atoms with Gasteiger partial charge in [0.15, 0.2) is 0 Å². The van der Waals surface area contributed by atoms with E-state index in [1.807, 2.05) is 14.0 Å². The van der Waals surface area contributed by atoms with E-state index in [0.29, 0.717) is 5.92 Å². The SMILES string of the molecule is C=N/N=C(/C)N/C(=C/C=C(\C)CNC)C(C)C. The van der Waals surface area contributed by atoms with Crippen molar-refractivity contribution in [2.24, 2.45) is 16.1 Å². The van der Waals surface area contributed by atoms with Gasteiger partial charge in [-0.3, -0.25) is 0 Å². The molecule has 0 aliphatic rings. The molecule has 0 fully saturated rings. The molecule has 0 saturated heterocycles. The van der Waals surface area contributed by atoms with Gasteiger partial charge in [-0.15, -0.1) is 5.10 Å². The molecular formula is C13H24N4. The highest BCUT2D eigenvalue weighted by Crippen LogP contribution is 2.07. The lowest BCUT2D eigenvalue weighted by Gasteiger charge is -2.13. The molecule has 0 unspecified atom stereocenters. The van der Waals surface area contributed by atoms with Crippen LogP contribution in [-0.2, 0) is 0 Å². The van der Waals surface area contributed by atoms with Crippen molar-refractivity contribution in [3.63, 3.8) is 0 Å². The van der Waals surface area contributed by atoms with Crippen LogP contribution in [0.4, 0.5) is 0 Å². The Morgan fingerprint density at radius 3 is 2.41 bits per heavy atom. The van der Waals surface area contributed by atoms with Crippen molar-refractivity contribution in [3.05, 3.63) is 23.4 Å². The average Bonchev–Trinajstić information content (AvgIpc) is 2.24. The lowest BCUT2D eigenvalue weighted by Crippen LogP contribution is -2.22. The summed E-state index contributed by atoms with van der Waals surface area (Å²) in [7, 11) is 1.94. The number of hydrogen-bond donors (Lipinski definition) is 2. The summed E-state index contributed by atoms with van der Waals surface area (Å²) in [6.45, 7) is 12.5. The van der Waals surface area contributed by atoms with E-state index in [-0.39, 0.29) is 0 Å². The van der Waals surface area contributed by atoms with Gasteiger partial charge in [0.2, 0.25) is 0 Å². The van der Waals surface area contributed by atoms with Gasteiger partial charge in [0.25, 0.3) is 0 Å². The van der Waals surface area contributed by atoms with Crippen molar-refractivity contribution >= 4 is 12.6 Å². The zero-order valence-electron chi connectivity index (χ0n) is 11.5. The van der Waals surface area contributed by atoms with Crippen LogP contribution in [-0.4, -0.2) is 26.1 Å². The summed E-state index contributed by atoms with van der Waals surface area (Å²) in [5.41, 5.74) is 2.40. The van der Waals surface area contributed by atoms with E-state index in [4.69, 9.17) is 0 Å². The highest BCUT2D eigenvalue weighted by molar-refractivity contribution is 5.81. The molecule has 0 amide bonds. The number of hydrogen-bond acceptors (Lipinski definition) is 3. The summed E-state index contributed by atoms with van der Waals surface area (Å²) in [6, 6.07) is 0. The first-order valence-corrected chi connectivity index (χ1v) is 5.80. The Labute approximate surface area is 105 Å². The second kappa shape index (κ2) is 8.70. The first kappa shape index (κ1) is 15.6. The zero-order valence-corrected chi connectivity index (χ0v) is 11.5. The van der Waals surface area contributed by atoms with E-state index in [1.54, 1.807) is 0 Å². The van der Waals surface area contributed by atoms with E-state index < -0.39 is 0 Å². The molecule has 4 nitrogen and oxygen atoms in total. The third-order valence-electron chi connectivity index (χ3n) is 2.17. The number of rotatable bonds is 6. The van der Waals surface area contributed by atoms with E-state index in [9.17, 15) is 0 Å². The fourth-order valence-corrected chi connectivity index (χ4v) is 1.29. The molecule has 17 heavy (non-hydrogen) atoms. The third kappa shape index (κ3) is 7.47. The quantitative estimate of drug-likeness (QED) is 0.322. The Morgan fingerprint density at radius 1 is 1.29 bits per heavy atom. The molecule has 4 heteroatoms. The molecule has 0 atom stereocenters. The maximum Gasteiger partial charge on any atom is 0.125 e. The van der Waals surface area contributed by atoms with Gasteiger partial charge in [-0.25, -0.2) is 0 Å². The number of amidine groups is 1. The van der Waals surface area contributed by atoms with Gasteiger partial charge in [-0.05, 0) is 32.9 Å². The minimum atomic E-state index is 0.406. The van der Waals surface area contributed by atoms with Crippen molar-refractivity contribution in [2.45, 2.75) is 27.7 Å². The van der Waals surface area contributed by atoms with Crippen LogP contribution in [0.2, 0.25) is 0 Å². The molecule has 0 aromatic heterocycles. The second-order valence-corrected chi connectivity index (χ2v) is 4.27. The Balaban J connectivity index is 4.74. The lowest BCUT2D eigenvalue weighted by molar-refractivity contribution is 0.724. The maximum atomic E-state index is 3.86. The average molecular weight is 236 g/mol. The topological polar surface area (TPSA) is 48.8 Å². The largest absolute Gasteiger partial charge is 0.346 e. The number of allylic oxidation sites excluding steroid dienone is 3. The lowest BCUT2D eigenvalue weighted by atomic mass is 10.1. The van der Waals surface area contributed by atoms with Crippen molar-refractivity contribution in [1.82, 2.24) is 10.6 Å². The standard InChI is InChI=1S/C13H24N4/c1-10(2)13(16-12(4)17-15-6)8-7-11(3)9-14-5/h7-8,10,14H,6,9H2,1-5H3,(H,16,17)/b11-7+,13-8+. The van der Waals surface area contributed by atoms with E-state index >= 15 is 0 Å². The molecule has 0 bridgehead atoms. The van der Waals surface area contributed by atoms with Crippen molar-refractivity contribution in [1.29, 1.82) is 0 Å². The van der Waals surface area contributed by atoms with Crippen LogP contribution in [0.1, 0.15) is 27.7 Å². The monoisotopic (exact) mass is 236 g/mol. The molecule has 0 saturated carbocycles. The van der Waals surface area contributed by atoms with Crippen LogP contribution in [0.5, 0.6) is 0 Å². The molecule has 2 N–H and O–H groups in total. The summed E-state index contributed by atoms with van der Waals surface area (Å²) in [4.78, 5) is 0. The van der Waals surface area contributed by atoms with Crippen LogP contribution in [0.3, 0.4) is 0 Å². The summed E-state index contributed by atoms with van der Waals surface area (Å²) >= 11 is 0. The minimum absolute atomic E-state index is 0.406. The minimum Gasteiger partial charge on any atom is -0.346 e. The highest BCUT2D eigenvalue weighted by Gasteiger charge is 2.02. The molecule has 0 aromatic carbocycles. The van der Waals surface area contributed by atoms with Gasteiger partial charge in [0, 0.05) is 19.0 Å². The summed E-state index contributed by atoms with van der Waals surface area (Å²) in [5, 5.41) is 13.7. The predicted molar refractivity (Wildman–Crippen MR) is 76.4 cm³/mol. The van der Waals surface area contributed by atoms with Crippen LogP contribution in [0.25, 0.3) is 0 Å². The molecule has 0 rings (SSSR count). The summed E-state index contributed by atoms with van der Waals surface area (Å²) in [5.74, 6) is 1.16.